The van der Waals surface area contributed by atoms with Crippen LogP contribution in [0.3, 0.4) is 0 Å². The van der Waals surface area contributed by atoms with Crippen LogP contribution in [0.1, 0.15) is 13.8 Å². The Bertz CT molecular complexity index is 399. The minimum absolute atomic E-state index is 0.179. The quantitative estimate of drug-likeness (QED) is 0.888. The maximum Gasteiger partial charge on any atom is 0.241 e. The van der Waals surface area contributed by atoms with Gasteiger partial charge in [0.15, 0.2) is 0 Å². The fourth-order valence-corrected chi connectivity index (χ4v) is 2.46. The van der Waals surface area contributed by atoms with E-state index < -0.39 is 0 Å². The van der Waals surface area contributed by atoms with Crippen LogP contribution in [0.25, 0.3) is 0 Å². The van der Waals surface area contributed by atoms with Gasteiger partial charge < -0.3 is 10.2 Å². The molecule has 1 aromatic carbocycles. The molecule has 19 heavy (non-hydrogen) atoms. The second kappa shape index (κ2) is 6.68. The SMILES string of the molecule is CC(C)N(C(=O)CN1CCNCC1)c1ccccc1. The monoisotopic (exact) mass is 261 g/mol. The predicted octanol–water partition coefficient (Wildman–Crippen LogP) is 1.33. The van der Waals surface area contributed by atoms with E-state index in [4.69, 9.17) is 0 Å². The molecule has 1 saturated heterocycles. The van der Waals surface area contributed by atoms with Crippen molar-refractivity contribution in [2.75, 3.05) is 37.6 Å². The van der Waals surface area contributed by atoms with E-state index in [0.29, 0.717) is 6.54 Å². The summed E-state index contributed by atoms with van der Waals surface area (Å²) in [5.74, 6) is 0.183. The van der Waals surface area contributed by atoms with Crippen molar-refractivity contribution in [3.05, 3.63) is 30.3 Å². The highest BCUT2D eigenvalue weighted by Gasteiger charge is 2.22. The molecule has 1 heterocycles. The molecular weight excluding hydrogens is 238 g/mol. The van der Waals surface area contributed by atoms with Gasteiger partial charge in [-0.2, -0.15) is 0 Å². The highest BCUT2D eigenvalue weighted by Crippen LogP contribution is 2.17. The Morgan fingerprint density at radius 1 is 1.26 bits per heavy atom. The number of nitrogens with one attached hydrogen (secondary N) is 1. The second-order valence-corrected chi connectivity index (χ2v) is 5.22. The molecule has 0 radical (unpaired) electrons. The number of benzene rings is 1. The number of rotatable bonds is 4. The summed E-state index contributed by atoms with van der Waals surface area (Å²) in [4.78, 5) is 16.6. The Labute approximate surface area is 115 Å². The Balaban J connectivity index is 2.04. The Morgan fingerprint density at radius 2 is 1.89 bits per heavy atom. The van der Waals surface area contributed by atoms with E-state index in [0.717, 1.165) is 31.9 Å². The van der Waals surface area contributed by atoms with E-state index in [-0.39, 0.29) is 11.9 Å². The third-order valence-electron chi connectivity index (χ3n) is 3.39. The van der Waals surface area contributed by atoms with Gasteiger partial charge in [0.2, 0.25) is 5.91 Å². The van der Waals surface area contributed by atoms with Crippen molar-refractivity contribution < 1.29 is 4.79 Å². The summed E-state index contributed by atoms with van der Waals surface area (Å²) in [7, 11) is 0. The van der Waals surface area contributed by atoms with Gasteiger partial charge in [0, 0.05) is 37.9 Å². The van der Waals surface area contributed by atoms with Crippen LogP contribution in [0.15, 0.2) is 30.3 Å². The van der Waals surface area contributed by atoms with Crippen LogP contribution in [0, 0.1) is 0 Å². The zero-order valence-corrected chi connectivity index (χ0v) is 11.8. The van der Waals surface area contributed by atoms with Crippen molar-refractivity contribution in [1.29, 1.82) is 0 Å². The summed E-state index contributed by atoms with van der Waals surface area (Å²) < 4.78 is 0. The number of nitrogens with zero attached hydrogens (tertiary/aromatic N) is 2. The lowest BCUT2D eigenvalue weighted by molar-refractivity contribution is -0.120. The van der Waals surface area contributed by atoms with Crippen LogP contribution in [-0.4, -0.2) is 49.6 Å². The highest BCUT2D eigenvalue weighted by molar-refractivity contribution is 5.95. The predicted molar refractivity (Wildman–Crippen MR) is 78.4 cm³/mol. The first-order valence-corrected chi connectivity index (χ1v) is 6.98. The van der Waals surface area contributed by atoms with Gasteiger partial charge in [-0.05, 0) is 26.0 Å². The zero-order chi connectivity index (χ0) is 13.7. The lowest BCUT2D eigenvalue weighted by atomic mass is 10.2. The molecule has 104 valence electrons. The van der Waals surface area contributed by atoms with E-state index in [2.05, 4.69) is 24.1 Å². The fraction of sp³-hybridized carbons (Fsp3) is 0.533. The molecule has 1 aromatic rings. The van der Waals surface area contributed by atoms with Crippen molar-refractivity contribution in [3.63, 3.8) is 0 Å². The Hall–Kier alpha value is -1.39. The fourth-order valence-electron chi connectivity index (χ4n) is 2.46. The molecule has 1 amide bonds. The normalized spacial score (nSPS) is 16.6. The van der Waals surface area contributed by atoms with Crippen molar-refractivity contribution in [2.45, 2.75) is 19.9 Å². The summed E-state index contributed by atoms with van der Waals surface area (Å²) in [6.07, 6.45) is 0. The van der Waals surface area contributed by atoms with Gasteiger partial charge in [-0.15, -0.1) is 0 Å². The van der Waals surface area contributed by atoms with E-state index in [1.807, 2.05) is 35.2 Å². The molecule has 4 heteroatoms. The molecule has 2 rings (SSSR count). The lowest BCUT2D eigenvalue weighted by Gasteiger charge is -2.32. The first kappa shape index (κ1) is 14.0. The molecule has 1 fully saturated rings. The van der Waals surface area contributed by atoms with Crippen molar-refractivity contribution in [1.82, 2.24) is 10.2 Å². The number of piperazine rings is 1. The van der Waals surface area contributed by atoms with Crippen molar-refractivity contribution in [3.8, 4) is 0 Å². The van der Waals surface area contributed by atoms with E-state index in [1.54, 1.807) is 0 Å². The largest absolute Gasteiger partial charge is 0.314 e. The van der Waals surface area contributed by atoms with Crippen LogP contribution >= 0.6 is 0 Å². The molecule has 4 nitrogen and oxygen atoms in total. The van der Waals surface area contributed by atoms with E-state index in [9.17, 15) is 4.79 Å². The van der Waals surface area contributed by atoms with Crippen LogP contribution < -0.4 is 10.2 Å². The van der Waals surface area contributed by atoms with Gasteiger partial charge in [-0.1, -0.05) is 18.2 Å². The molecule has 0 aliphatic carbocycles. The van der Waals surface area contributed by atoms with E-state index in [1.165, 1.54) is 0 Å². The number of hydrogen-bond donors (Lipinski definition) is 1. The molecule has 0 atom stereocenters. The summed E-state index contributed by atoms with van der Waals surface area (Å²) >= 11 is 0. The minimum Gasteiger partial charge on any atom is -0.314 e. The van der Waals surface area contributed by atoms with Gasteiger partial charge in [0.05, 0.1) is 6.54 Å². The highest BCUT2D eigenvalue weighted by atomic mass is 16.2. The van der Waals surface area contributed by atoms with E-state index >= 15 is 0 Å². The molecule has 0 aromatic heterocycles. The van der Waals surface area contributed by atoms with Gasteiger partial charge in [0.1, 0.15) is 0 Å². The standard InChI is InChI=1S/C15H23N3O/c1-13(2)18(14-6-4-3-5-7-14)15(19)12-17-10-8-16-9-11-17/h3-7,13,16H,8-12H2,1-2H3. The molecule has 0 bridgehead atoms. The summed E-state index contributed by atoms with van der Waals surface area (Å²) in [5.41, 5.74) is 0.984. The summed E-state index contributed by atoms with van der Waals surface area (Å²) in [5, 5.41) is 3.31. The number of hydrogen-bond acceptors (Lipinski definition) is 3. The molecule has 1 aliphatic rings. The summed E-state index contributed by atoms with van der Waals surface area (Å²) in [6, 6.07) is 10.1. The number of para-hydroxylation sites is 1. The number of anilines is 1. The third-order valence-corrected chi connectivity index (χ3v) is 3.39. The van der Waals surface area contributed by atoms with Crippen molar-refractivity contribution >= 4 is 11.6 Å². The Kier molecular flexibility index (Phi) is 4.93. The number of carbonyl (C=O) groups is 1. The van der Waals surface area contributed by atoms with Gasteiger partial charge in [-0.3, -0.25) is 9.69 Å². The third kappa shape index (κ3) is 3.78. The molecule has 0 unspecified atom stereocenters. The minimum atomic E-state index is 0.179. The van der Waals surface area contributed by atoms with Crippen LogP contribution in [-0.2, 0) is 4.79 Å². The van der Waals surface area contributed by atoms with Crippen LogP contribution in [0.4, 0.5) is 5.69 Å². The number of carbonyl (C=O) groups excluding carboxylic acids is 1. The molecule has 0 saturated carbocycles. The molecular formula is C15H23N3O. The smallest absolute Gasteiger partial charge is 0.241 e. The zero-order valence-electron chi connectivity index (χ0n) is 11.8. The van der Waals surface area contributed by atoms with Crippen molar-refractivity contribution in [2.24, 2.45) is 0 Å². The van der Waals surface area contributed by atoms with Gasteiger partial charge in [0.25, 0.3) is 0 Å². The first-order chi connectivity index (χ1) is 9.18. The van der Waals surface area contributed by atoms with Crippen LogP contribution in [0.2, 0.25) is 0 Å². The molecule has 1 aliphatic heterocycles. The Morgan fingerprint density at radius 3 is 2.47 bits per heavy atom. The number of amides is 1. The lowest BCUT2D eigenvalue weighted by Crippen LogP contribution is -2.49. The topological polar surface area (TPSA) is 35.6 Å². The maximum atomic E-state index is 12.5. The maximum absolute atomic E-state index is 12.5. The summed E-state index contributed by atoms with van der Waals surface area (Å²) in [6.45, 7) is 8.47. The average Bonchev–Trinajstić information content (AvgIpc) is 2.40. The van der Waals surface area contributed by atoms with Gasteiger partial charge >= 0.3 is 0 Å². The van der Waals surface area contributed by atoms with Gasteiger partial charge in [-0.25, -0.2) is 0 Å². The van der Waals surface area contributed by atoms with Crippen LogP contribution in [0.5, 0.6) is 0 Å². The molecule has 0 spiro atoms. The first-order valence-electron chi connectivity index (χ1n) is 6.98. The molecule has 1 N–H and O–H groups in total. The average molecular weight is 261 g/mol. The second-order valence-electron chi connectivity index (χ2n) is 5.22.